The van der Waals surface area contributed by atoms with E-state index in [4.69, 9.17) is 14.5 Å². The molecule has 0 aliphatic carbocycles. The number of hydrogen-bond acceptors (Lipinski definition) is 8. The third kappa shape index (κ3) is 4.63. The van der Waals surface area contributed by atoms with Crippen LogP contribution in [0.3, 0.4) is 0 Å². The lowest BCUT2D eigenvalue weighted by Gasteiger charge is -2.23. The van der Waals surface area contributed by atoms with E-state index in [9.17, 15) is 4.79 Å². The number of H-pyrrole nitrogens is 1. The van der Waals surface area contributed by atoms with E-state index in [1.807, 2.05) is 36.4 Å². The summed E-state index contributed by atoms with van der Waals surface area (Å²) in [5.74, 6) is 1.79. The average molecular weight is 444 g/mol. The minimum absolute atomic E-state index is 0.176. The van der Waals surface area contributed by atoms with E-state index < -0.39 is 0 Å². The van der Waals surface area contributed by atoms with Crippen LogP contribution in [0.15, 0.2) is 59.8 Å². The number of aromatic amines is 1. The number of benzene rings is 1. The third-order valence-corrected chi connectivity index (χ3v) is 5.51. The minimum Gasteiger partial charge on any atom is -0.490 e. The maximum absolute atomic E-state index is 12.6. The standard InChI is InChI=1S/C24H24N6O3/c1-25-24-27-13-16(14-28-24)20-12-15-6-9-26-23(31)21(15)22(30-20)29-17-2-4-18(5-3-17)33-19-7-10-32-11-8-19/h2-6,9,12-14,19H,7-8,10-11H2,1H3,(H,26,31)(H,29,30)(H,25,27,28). The van der Waals surface area contributed by atoms with Gasteiger partial charge in [0.05, 0.1) is 24.3 Å². The van der Waals surface area contributed by atoms with E-state index in [1.54, 1.807) is 25.6 Å². The molecule has 1 aliphatic rings. The average Bonchev–Trinajstić information content (AvgIpc) is 2.86. The van der Waals surface area contributed by atoms with Crippen molar-refractivity contribution in [1.29, 1.82) is 0 Å². The van der Waals surface area contributed by atoms with Crippen LogP contribution in [0.2, 0.25) is 0 Å². The largest absolute Gasteiger partial charge is 0.490 e. The first-order chi connectivity index (χ1) is 16.2. The molecule has 4 aromatic rings. The lowest BCUT2D eigenvalue weighted by molar-refractivity contribution is 0.0256. The molecule has 1 saturated heterocycles. The molecule has 0 atom stereocenters. The fourth-order valence-electron chi connectivity index (χ4n) is 3.78. The van der Waals surface area contributed by atoms with Crippen molar-refractivity contribution in [3.05, 3.63) is 65.3 Å². The monoisotopic (exact) mass is 444 g/mol. The summed E-state index contributed by atoms with van der Waals surface area (Å²) in [6.45, 7) is 1.47. The van der Waals surface area contributed by atoms with Gasteiger partial charge in [0.2, 0.25) is 5.95 Å². The van der Waals surface area contributed by atoms with Crippen LogP contribution in [0.5, 0.6) is 5.75 Å². The smallest absolute Gasteiger partial charge is 0.259 e. The van der Waals surface area contributed by atoms with Gasteiger partial charge in [-0.25, -0.2) is 15.0 Å². The second-order valence-corrected chi connectivity index (χ2v) is 7.75. The SMILES string of the molecule is CNc1ncc(-c2cc3cc[nH]c(=O)c3c(Nc3ccc(OC4CCOCC4)cc3)n2)cn1. The molecule has 0 spiro atoms. The summed E-state index contributed by atoms with van der Waals surface area (Å²) in [6, 6.07) is 11.4. The summed E-state index contributed by atoms with van der Waals surface area (Å²) in [6.07, 6.45) is 6.99. The molecule has 0 bridgehead atoms. The summed E-state index contributed by atoms with van der Waals surface area (Å²) < 4.78 is 11.4. The van der Waals surface area contributed by atoms with E-state index >= 15 is 0 Å². The van der Waals surface area contributed by atoms with Gasteiger partial charge in [-0.05, 0) is 41.8 Å². The Hall–Kier alpha value is -3.98. The van der Waals surface area contributed by atoms with Crippen molar-refractivity contribution < 1.29 is 9.47 Å². The van der Waals surface area contributed by atoms with E-state index in [0.717, 1.165) is 48.4 Å². The van der Waals surface area contributed by atoms with Crippen molar-refractivity contribution in [2.45, 2.75) is 18.9 Å². The number of nitrogens with one attached hydrogen (secondary N) is 3. The van der Waals surface area contributed by atoms with Crippen LogP contribution < -0.4 is 20.9 Å². The minimum atomic E-state index is -0.213. The van der Waals surface area contributed by atoms with Gasteiger partial charge in [-0.2, -0.15) is 0 Å². The first-order valence-corrected chi connectivity index (χ1v) is 10.8. The number of fused-ring (bicyclic) bond motifs is 1. The van der Waals surface area contributed by atoms with Gasteiger partial charge in [-0.1, -0.05) is 0 Å². The number of hydrogen-bond donors (Lipinski definition) is 3. The Morgan fingerprint density at radius 2 is 1.85 bits per heavy atom. The van der Waals surface area contributed by atoms with E-state index in [-0.39, 0.29) is 11.7 Å². The molecule has 1 fully saturated rings. The first kappa shape index (κ1) is 20.9. The van der Waals surface area contributed by atoms with Gasteiger partial charge in [0.15, 0.2) is 0 Å². The Bertz CT molecular complexity index is 1300. The molecule has 0 radical (unpaired) electrons. The molecule has 0 amide bonds. The molecule has 1 aliphatic heterocycles. The molecule has 4 heterocycles. The predicted molar refractivity (Wildman–Crippen MR) is 127 cm³/mol. The number of pyridine rings is 2. The van der Waals surface area contributed by atoms with Gasteiger partial charge >= 0.3 is 0 Å². The third-order valence-electron chi connectivity index (χ3n) is 5.51. The highest BCUT2D eigenvalue weighted by atomic mass is 16.5. The zero-order valence-corrected chi connectivity index (χ0v) is 18.2. The molecule has 1 aromatic carbocycles. The molecule has 0 saturated carbocycles. The second-order valence-electron chi connectivity index (χ2n) is 7.75. The van der Waals surface area contributed by atoms with Gasteiger partial charge < -0.3 is 25.1 Å². The van der Waals surface area contributed by atoms with E-state index in [2.05, 4.69) is 25.6 Å². The summed E-state index contributed by atoms with van der Waals surface area (Å²) >= 11 is 0. The molecule has 3 N–H and O–H groups in total. The summed E-state index contributed by atoms with van der Waals surface area (Å²) in [4.78, 5) is 28.6. The Balaban J connectivity index is 1.45. The van der Waals surface area contributed by atoms with Gasteiger partial charge in [-0.3, -0.25) is 4.79 Å². The van der Waals surface area contributed by atoms with E-state index in [1.165, 1.54) is 0 Å². The molecule has 33 heavy (non-hydrogen) atoms. The zero-order chi connectivity index (χ0) is 22.6. The van der Waals surface area contributed by atoms with Crippen LogP contribution in [0.1, 0.15) is 12.8 Å². The Kier molecular flexibility index (Phi) is 5.86. The van der Waals surface area contributed by atoms with Crippen molar-refractivity contribution in [2.24, 2.45) is 0 Å². The molecular weight excluding hydrogens is 420 g/mol. The molecule has 3 aromatic heterocycles. The summed E-state index contributed by atoms with van der Waals surface area (Å²) in [7, 11) is 1.76. The quantitative estimate of drug-likeness (QED) is 0.412. The highest BCUT2D eigenvalue weighted by Crippen LogP contribution is 2.28. The highest BCUT2D eigenvalue weighted by Gasteiger charge is 2.16. The fraction of sp³-hybridized carbons (Fsp3) is 0.250. The number of anilines is 3. The number of nitrogens with zero attached hydrogens (tertiary/aromatic N) is 3. The Morgan fingerprint density at radius 3 is 2.58 bits per heavy atom. The first-order valence-electron chi connectivity index (χ1n) is 10.8. The summed E-state index contributed by atoms with van der Waals surface area (Å²) in [5, 5.41) is 7.44. The molecule has 168 valence electrons. The number of aromatic nitrogens is 4. The Morgan fingerprint density at radius 1 is 1.09 bits per heavy atom. The van der Waals surface area contributed by atoms with Crippen molar-refractivity contribution in [1.82, 2.24) is 19.9 Å². The predicted octanol–water partition coefficient (Wildman–Crippen LogP) is 3.72. The number of rotatable bonds is 6. The zero-order valence-electron chi connectivity index (χ0n) is 18.2. The number of ether oxygens (including phenoxy) is 2. The van der Waals surface area contributed by atoms with Crippen molar-refractivity contribution in [3.8, 4) is 17.0 Å². The van der Waals surface area contributed by atoms with Crippen molar-refractivity contribution in [3.63, 3.8) is 0 Å². The Labute approximate surface area is 190 Å². The van der Waals surface area contributed by atoms with Crippen molar-refractivity contribution >= 4 is 28.2 Å². The van der Waals surface area contributed by atoms with Gasteiger partial charge in [-0.15, -0.1) is 0 Å². The fourth-order valence-corrected chi connectivity index (χ4v) is 3.78. The van der Waals surface area contributed by atoms with Gasteiger partial charge in [0.1, 0.15) is 17.7 Å². The van der Waals surface area contributed by atoms with Gasteiger partial charge in [0.25, 0.3) is 5.56 Å². The van der Waals surface area contributed by atoms with E-state index in [0.29, 0.717) is 22.8 Å². The van der Waals surface area contributed by atoms with Crippen LogP contribution in [0.25, 0.3) is 22.0 Å². The van der Waals surface area contributed by atoms with Crippen LogP contribution in [0, 0.1) is 0 Å². The molecular formula is C24H24N6O3. The highest BCUT2D eigenvalue weighted by molar-refractivity contribution is 5.95. The van der Waals surface area contributed by atoms with Gasteiger partial charge in [0, 0.05) is 49.7 Å². The van der Waals surface area contributed by atoms with Crippen molar-refractivity contribution in [2.75, 3.05) is 30.9 Å². The maximum atomic E-state index is 12.6. The van der Waals surface area contributed by atoms with Crippen LogP contribution >= 0.6 is 0 Å². The van der Waals surface area contributed by atoms with Crippen LogP contribution in [-0.2, 0) is 4.74 Å². The maximum Gasteiger partial charge on any atom is 0.259 e. The molecule has 0 unspecified atom stereocenters. The normalized spacial score (nSPS) is 14.2. The van der Waals surface area contributed by atoms with Crippen LogP contribution in [-0.4, -0.2) is 46.3 Å². The lowest BCUT2D eigenvalue weighted by Crippen LogP contribution is -2.25. The van der Waals surface area contributed by atoms with Crippen LogP contribution in [0.4, 0.5) is 17.5 Å². The second kappa shape index (κ2) is 9.25. The molecule has 9 nitrogen and oxygen atoms in total. The molecule has 5 rings (SSSR count). The lowest BCUT2D eigenvalue weighted by atomic mass is 10.1. The summed E-state index contributed by atoms with van der Waals surface area (Å²) in [5.41, 5.74) is 2.00. The molecule has 9 heteroatoms. The topological polar surface area (TPSA) is 114 Å².